The normalized spacial score (nSPS) is 14.5. The number of likely N-dealkylation sites (N-methyl/N-ethyl adjacent to an activating group) is 1. The highest BCUT2D eigenvalue weighted by molar-refractivity contribution is 6.48. The number of anilines is 1. The molecule has 0 radical (unpaired) electrons. The van der Waals surface area contributed by atoms with Gasteiger partial charge in [-0.15, -0.1) is 0 Å². The summed E-state index contributed by atoms with van der Waals surface area (Å²) >= 11 is 0. The number of amides is 2. The lowest BCUT2D eigenvalue weighted by atomic mass is 9.85. The van der Waals surface area contributed by atoms with Gasteiger partial charge in [-0.25, -0.2) is 9.78 Å². The summed E-state index contributed by atoms with van der Waals surface area (Å²) in [6, 6.07) is 21.6. The van der Waals surface area contributed by atoms with E-state index in [4.69, 9.17) is 30.0 Å². The Morgan fingerprint density at radius 3 is 2.24 bits per heavy atom. The predicted octanol–water partition coefficient (Wildman–Crippen LogP) is 7.33. The molecule has 6 N–H and O–H groups in total. The Kier molecular flexibility index (Phi) is 13.4. The minimum absolute atomic E-state index is 0.000680. The van der Waals surface area contributed by atoms with Crippen molar-refractivity contribution in [3.05, 3.63) is 134 Å². The van der Waals surface area contributed by atoms with E-state index in [-0.39, 0.29) is 90.3 Å². The predicted molar refractivity (Wildman–Crippen MR) is 264 cm³/mol. The Bertz CT molecular complexity index is 3240. The number of rotatable bonds is 13. The lowest BCUT2D eigenvalue weighted by molar-refractivity contribution is -0.189. The van der Waals surface area contributed by atoms with Crippen molar-refractivity contribution in [3.63, 3.8) is 0 Å². The molecule has 1 unspecified atom stereocenters. The number of aromatic hydroxyl groups is 3. The number of pyridine rings is 2. The third-order valence-electron chi connectivity index (χ3n) is 12.9. The molecule has 71 heavy (non-hydrogen) atoms. The van der Waals surface area contributed by atoms with Gasteiger partial charge in [-0.05, 0) is 116 Å². The van der Waals surface area contributed by atoms with E-state index in [1.165, 1.54) is 30.1 Å². The van der Waals surface area contributed by atoms with Crippen molar-refractivity contribution in [3.8, 4) is 40.1 Å². The first-order valence-corrected chi connectivity index (χ1v) is 23.2. The van der Waals surface area contributed by atoms with Crippen molar-refractivity contribution in [2.24, 2.45) is 0 Å². The number of esters is 2. The molecular formula is C53H53N7O11. The maximum Gasteiger partial charge on any atom is 0.355 e. The highest BCUT2D eigenvalue weighted by Gasteiger charge is 2.50. The van der Waals surface area contributed by atoms with Crippen molar-refractivity contribution >= 4 is 52.0 Å². The van der Waals surface area contributed by atoms with Gasteiger partial charge in [-0.1, -0.05) is 27.7 Å². The Hall–Kier alpha value is -8.54. The number of amidine groups is 2. The molecule has 2 aromatic heterocycles. The second-order valence-corrected chi connectivity index (χ2v) is 17.6. The van der Waals surface area contributed by atoms with Crippen molar-refractivity contribution < 1.29 is 48.7 Å². The van der Waals surface area contributed by atoms with Crippen molar-refractivity contribution in [2.45, 2.75) is 78.6 Å². The van der Waals surface area contributed by atoms with E-state index in [1.807, 2.05) is 20.8 Å². The van der Waals surface area contributed by atoms with Gasteiger partial charge in [-0.3, -0.25) is 34.9 Å². The van der Waals surface area contributed by atoms with Crippen LogP contribution in [-0.2, 0) is 49.0 Å². The number of fused-ring (bicyclic) bond motifs is 5. The number of hydrogen-bond donors (Lipinski definition) is 6. The molecule has 2 amide bonds. The number of phenols is 3. The molecule has 0 saturated carbocycles. The molecule has 2 aliphatic heterocycles. The average Bonchev–Trinajstić information content (AvgIpc) is 3.72. The summed E-state index contributed by atoms with van der Waals surface area (Å²) in [5.41, 5.74) is 2.54. The Morgan fingerprint density at radius 2 is 1.59 bits per heavy atom. The largest absolute Gasteiger partial charge is 0.508 e. The van der Waals surface area contributed by atoms with Gasteiger partial charge in [0, 0.05) is 54.0 Å². The molecule has 1 atom stereocenters. The van der Waals surface area contributed by atoms with Crippen molar-refractivity contribution in [1.29, 1.82) is 10.8 Å². The zero-order valence-corrected chi connectivity index (χ0v) is 40.0. The van der Waals surface area contributed by atoms with Gasteiger partial charge in [0.15, 0.2) is 5.84 Å². The summed E-state index contributed by atoms with van der Waals surface area (Å²) in [6.45, 7) is 9.11. The zero-order chi connectivity index (χ0) is 51.1. The number of aryl methyl sites for hydroxylation is 1. The van der Waals surface area contributed by atoms with Gasteiger partial charge < -0.3 is 44.3 Å². The molecule has 8 rings (SSSR count). The summed E-state index contributed by atoms with van der Waals surface area (Å²) in [6.07, 6.45) is 0.296. The molecule has 366 valence electrons. The van der Waals surface area contributed by atoms with Crippen LogP contribution in [0.15, 0.2) is 89.7 Å². The maximum absolute atomic E-state index is 14.1. The van der Waals surface area contributed by atoms with E-state index in [1.54, 1.807) is 79.1 Å². The first-order chi connectivity index (χ1) is 33.9. The van der Waals surface area contributed by atoms with Crippen LogP contribution in [0.1, 0.15) is 97.1 Å². The average molecular weight is 964 g/mol. The summed E-state index contributed by atoms with van der Waals surface area (Å²) in [5, 5.41) is 52.4. The zero-order valence-electron chi connectivity index (χ0n) is 40.0. The van der Waals surface area contributed by atoms with Crippen LogP contribution in [0.5, 0.6) is 28.7 Å². The van der Waals surface area contributed by atoms with Crippen LogP contribution in [0.4, 0.5) is 5.69 Å². The molecule has 18 heteroatoms. The first kappa shape index (κ1) is 48.9. The van der Waals surface area contributed by atoms with Gasteiger partial charge in [0.2, 0.25) is 5.60 Å². The topological polar surface area (TPSA) is 258 Å². The summed E-state index contributed by atoms with van der Waals surface area (Å²) < 4.78 is 19.1. The van der Waals surface area contributed by atoms with Gasteiger partial charge in [0.05, 0.1) is 41.0 Å². The van der Waals surface area contributed by atoms with Gasteiger partial charge in [-0.2, -0.15) is 0 Å². The molecule has 0 fully saturated rings. The monoisotopic (exact) mass is 963 g/mol. The number of phenolic OH excluding ortho intramolecular Hbond substituents is 3. The minimum atomic E-state index is -1.93. The number of carbonyl (C=O) groups excluding carboxylic acids is 4. The molecule has 2 aliphatic rings. The highest BCUT2D eigenvalue weighted by atomic mass is 16.6. The van der Waals surface area contributed by atoms with Crippen molar-refractivity contribution in [1.82, 2.24) is 19.8 Å². The Balaban J connectivity index is 0.939. The molecule has 0 bridgehead atoms. The molecular weight excluding hydrogens is 911 g/mol. The third-order valence-corrected chi connectivity index (χ3v) is 12.9. The van der Waals surface area contributed by atoms with Crippen LogP contribution in [0.2, 0.25) is 0 Å². The number of nitrogens with one attached hydrogen (secondary N) is 3. The fourth-order valence-corrected chi connectivity index (χ4v) is 9.08. The van der Waals surface area contributed by atoms with Crippen LogP contribution in [0.25, 0.3) is 22.3 Å². The van der Waals surface area contributed by atoms with E-state index in [0.717, 1.165) is 27.5 Å². The fourth-order valence-electron chi connectivity index (χ4n) is 9.08. The van der Waals surface area contributed by atoms with Gasteiger partial charge in [0.25, 0.3) is 17.4 Å². The quantitative estimate of drug-likeness (QED) is 0.0376. The number of benzene rings is 4. The summed E-state index contributed by atoms with van der Waals surface area (Å²) in [5.74, 6) is -3.62. The highest BCUT2D eigenvalue weighted by Crippen LogP contribution is 2.43. The summed E-state index contributed by atoms with van der Waals surface area (Å²) in [7, 11) is 1.52. The standard InChI is InChI=1S/C53H53N7O11/c1-7-34-36-22-31(61)14-19-41(36)57-46-38(34)26-59-42(46)24-40-39(51(59)67)27-69-52(68)53(40,8-2)71-45(64)20-21-58(6)50(66)29-10-15-32(16-11-29)70-33-17-12-30(13-18-33)60(48(55)49(65)56-9-3)47(54)37-23-35(28(4)5)43(62)25-44(37)63/h10-19,22-25,28,54-55,61-63H,7-9,20-21,26-27H2,1-6H3,(H,56,65). The lowest BCUT2D eigenvalue weighted by Gasteiger charge is -2.35. The number of ether oxygens (including phenoxy) is 3. The van der Waals surface area contributed by atoms with Crippen LogP contribution in [-0.4, -0.2) is 85.3 Å². The number of cyclic esters (lactones) is 1. The van der Waals surface area contributed by atoms with Gasteiger partial charge in [0.1, 0.15) is 41.2 Å². The maximum atomic E-state index is 14.1. The molecule has 4 heterocycles. The van der Waals surface area contributed by atoms with Crippen LogP contribution >= 0.6 is 0 Å². The van der Waals surface area contributed by atoms with Crippen LogP contribution in [0, 0.1) is 10.8 Å². The van der Waals surface area contributed by atoms with Crippen molar-refractivity contribution in [2.75, 3.05) is 25.0 Å². The second kappa shape index (κ2) is 19.5. The molecule has 0 saturated heterocycles. The summed E-state index contributed by atoms with van der Waals surface area (Å²) in [4.78, 5) is 75.1. The molecule has 4 aromatic carbocycles. The first-order valence-electron chi connectivity index (χ1n) is 23.2. The second-order valence-electron chi connectivity index (χ2n) is 17.6. The number of hydrogen-bond acceptors (Lipinski definition) is 14. The van der Waals surface area contributed by atoms with E-state index < -0.39 is 46.5 Å². The Labute approximate surface area is 408 Å². The molecule has 0 aliphatic carbocycles. The molecule has 18 nitrogen and oxygen atoms in total. The van der Waals surface area contributed by atoms with E-state index in [0.29, 0.717) is 40.4 Å². The number of nitrogens with zero attached hydrogens (tertiary/aromatic N) is 4. The smallest absolute Gasteiger partial charge is 0.355 e. The molecule has 6 aromatic rings. The van der Waals surface area contributed by atoms with Crippen LogP contribution in [0.3, 0.4) is 0 Å². The number of aromatic nitrogens is 2. The van der Waals surface area contributed by atoms with Crippen LogP contribution < -0.4 is 20.5 Å². The van der Waals surface area contributed by atoms with E-state index in [2.05, 4.69) is 5.32 Å². The fraction of sp³-hybridized carbons (Fsp3) is 0.283. The minimum Gasteiger partial charge on any atom is -0.508 e. The van der Waals surface area contributed by atoms with Gasteiger partial charge >= 0.3 is 11.9 Å². The van der Waals surface area contributed by atoms with E-state index in [9.17, 15) is 39.3 Å². The molecule has 0 spiro atoms. The third kappa shape index (κ3) is 8.99. The Morgan fingerprint density at radius 1 is 0.901 bits per heavy atom. The SMILES string of the molecule is CCNC(=O)C(=N)N(C(=N)c1cc(C(C)C)c(O)cc1O)c1ccc(Oc2ccc(C(=O)N(C)CCC(=O)OC3(CC)C(=O)OCc4c3cc3n(c4=O)Cc4c-3nc3ccc(O)cc3c4CC)cc2)cc1. The lowest BCUT2D eigenvalue weighted by Crippen LogP contribution is -2.47. The van der Waals surface area contributed by atoms with E-state index >= 15 is 0 Å². The number of carbonyl (C=O) groups is 4.